The zero-order valence-electron chi connectivity index (χ0n) is 22.5. The third kappa shape index (κ3) is 4.53. The van der Waals surface area contributed by atoms with Gasteiger partial charge in [0.2, 0.25) is 11.8 Å². The number of hydrogen-bond donors (Lipinski definition) is 1. The van der Waals surface area contributed by atoms with Crippen LogP contribution in [0.4, 0.5) is 5.69 Å². The van der Waals surface area contributed by atoms with E-state index in [2.05, 4.69) is 13.2 Å². The summed E-state index contributed by atoms with van der Waals surface area (Å²) in [5, 5.41) is 10.1. The van der Waals surface area contributed by atoms with Gasteiger partial charge < -0.3 is 24.5 Å². The lowest BCUT2D eigenvalue weighted by Gasteiger charge is -2.39. The highest BCUT2D eigenvalue weighted by Crippen LogP contribution is 2.67. The summed E-state index contributed by atoms with van der Waals surface area (Å²) in [5.41, 5.74) is 0.671. The van der Waals surface area contributed by atoms with Gasteiger partial charge in [-0.15, -0.1) is 24.9 Å². The van der Waals surface area contributed by atoms with Gasteiger partial charge in [-0.2, -0.15) is 0 Å². The molecule has 1 N–H and O–H groups in total. The van der Waals surface area contributed by atoms with E-state index in [4.69, 9.17) is 4.74 Å². The first-order chi connectivity index (χ1) is 18.3. The molecule has 3 heterocycles. The predicted molar refractivity (Wildman–Crippen MR) is 150 cm³/mol. The number of methoxy groups -OCH3 is 1. The van der Waals surface area contributed by atoms with Crippen LogP contribution in [0.25, 0.3) is 0 Å². The molecule has 4 rings (SSSR count). The number of rotatable bonds is 12. The Bertz CT molecular complexity index is 1080. The molecule has 9 heteroatoms. The maximum atomic E-state index is 14.5. The lowest BCUT2D eigenvalue weighted by molar-refractivity contribution is -0.145. The summed E-state index contributed by atoms with van der Waals surface area (Å²) in [7, 11) is 1.58. The highest BCUT2D eigenvalue weighted by atomic mass is 32.2. The topological polar surface area (TPSA) is 90.4 Å². The van der Waals surface area contributed by atoms with Crippen molar-refractivity contribution in [3.05, 3.63) is 49.6 Å². The Hall–Kier alpha value is -2.78. The van der Waals surface area contributed by atoms with Crippen LogP contribution in [0.2, 0.25) is 0 Å². The SMILES string of the molecule is C=CCN(CCC)C(=O)[C@@H]1[C@@H]2CCC3(S2)C(C(=O)N(CC=C)c2ccc(OC)cc2)N([C@H](C)CO)C(=O)[C@H]13. The molecule has 0 saturated carbocycles. The van der Waals surface area contributed by atoms with E-state index in [1.165, 1.54) is 0 Å². The van der Waals surface area contributed by atoms with E-state index in [1.807, 2.05) is 19.1 Å². The van der Waals surface area contributed by atoms with Gasteiger partial charge in [-0.05, 0) is 50.5 Å². The highest BCUT2D eigenvalue weighted by Gasteiger charge is 2.74. The highest BCUT2D eigenvalue weighted by molar-refractivity contribution is 8.02. The minimum Gasteiger partial charge on any atom is -0.497 e. The molecule has 3 amide bonds. The van der Waals surface area contributed by atoms with Gasteiger partial charge in [0.1, 0.15) is 11.8 Å². The van der Waals surface area contributed by atoms with Crippen molar-refractivity contribution < 1.29 is 24.2 Å². The number of hydrogen-bond acceptors (Lipinski definition) is 6. The smallest absolute Gasteiger partial charge is 0.251 e. The monoisotopic (exact) mass is 541 g/mol. The number of anilines is 1. The molecule has 0 aromatic heterocycles. The molecular weight excluding hydrogens is 502 g/mol. The van der Waals surface area contributed by atoms with Crippen LogP contribution in [-0.4, -0.2) is 88.1 Å². The molecule has 0 aliphatic carbocycles. The van der Waals surface area contributed by atoms with Gasteiger partial charge >= 0.3 is 0 Å². The van der Waals surface area contributed by atoms with Gasteiger partial charge in [-0.3, -0.25) is 14.4 Å². The van der Waals surface area contributed by atoms with Crippen LogP contribution in [-0.2, 0) is 14.4 Å². The fraction of sp³-hybridized carbons (Fsp3) is 0.552. The number of carbonyl (C=O) groups excluding carboxylic acids is 3. The standard InChI is InChI=1S/C29H39N3O5S/c1-6-15-30(16-7-2)26(34)23-22-13-14-29(38-22)24(23)27(35)32(19(4)18-33)25(29)28(36)31(17-8-3)20-9-11-21(37-5)12-10-20/h6,8-12,19,22-25,33H,1,3,7,13-18H2,2,4-5H3/t19-,22+,23-,24+,25?,29?/m1/s1. The Morgan fingerprint density at radius 3 is 2.50 bits per heavy atom. The minimum absolute atomic E-state index is 0.0173. The molecule has 3 fully saturated rings. The molecule has 38 heavy (non-hydrogen) atoms. The number of aliphatic hydroxyl groups excluding tert-OH is 1. The second kappa shape index (κ2) is 11.5. The summed E-state index contributed by atoms with van der Waals surface area (Å²) in [6.45, 7) is 12.5. The number of fused-ring (bicyclic) bond motifs is 1. The van der Waals surface area contributed by atoms with Crippen LogP contribution in [0, 0.1) is 11.8 Å². The zero-order chi connectivity index (χ0) is 27.6. The fourth-order valence-corrected chi connectivity index (χ4v) is 8.70. The number of thioether (sulfide) groups is 1. The van der Waals surface area contributed by atoms with Gasteiger partial charge in [-0.1, -0.05) is 19.1 Å². The summed E-state index contributed by atoms with van der Waals surface area (Å²) in [5.74, 6) is -0.884. The molecule has 0 radical (unpaired) electrons. The number of ether oxygens (including phenoxy) is 1. The number of amides is 3. The molecular formula is C29H39N3O5S. The van der Waals surface area contributed by atoms with E-state index in [9.17, 15) is 19.5 Å². The number of carbonyl (C=O) groups is 3. The van der Waals surface area contributed by atoms with Crippen LogP contribution in [0.5, 0.6) is 5.75 Å². The van der Waals surface area contributed by atoms with Crippen molar-refractivity contribution in [3.63, 3.8) is 0 Å². The van der Waals surface area contributed by atoms with Crippen LogP contribution < -0.4 is 9.64 Å². The summed E-state index contributed by atoms with van der Waals surface area (Å²) < 4.78 is 4.56. The van der Waals surface area contributed by atoms with Crippen LogP contribution in [0.3, 0.4) is 0 Å². The molecule has 1 aromatic rings. The first-order valence-electron chi connectivity index (χ1n) is 13.4. The Morgan fingerprint density at radius 1 is 1.24 bits per heavy atom. The van der Waals surface area contributed by atoms with Gasteiger partial charge in [0.15, 0.2) is 0 Å². The lowest BCUT2D eigenvalue weighted by atomic mass is 9.70. The second-order valence-electron chi connectivity index (χ2n) is 10.3. The zero-order valence-corrected chi connectivity index (χ0v) is 23.4. The maximum Gasteiger partial charge on any atom is 0.251 e. The number of aliphatic hydroxyl groups is 1. The van der Waals surface area contributed by atoms with Gasteiger partial charge in [0.25, 0.3) is 5.91 Å². The second-order valence-corrected chi connectivity index (χ2v) is 11.9. The summed E-state index contributed by atoms with van der Waals surface area (Å²) >= 11 is 1.64. The Balaban J connectivity index is 1.76. The maximum absolute atomic E-state index is 14.5. The Labute approximate surface area is 229 Å². The normalized spacial score (nSPS) is 28.1. The van der Waals surface area contributed by atoms with E-state index < -0.39 is 28.7 Å². The first kappa shape index (κ1) is 28.2. The van der Waals surface area contributed by atoms with E-state index >= 15 is 0 Å². The minimum atomic E-state index is -0.795. The summed E-state index contributed by atoms with van der Waals surface area (Å²) in [6.07, 6.45) is 5.63. The molecule has 2 unspecified atom stereocenters. The van der Waals surface area contributed by atoms with E-state index in [0.29, 0.717) is 30.9 Å². The molecule has 8 nitrogen and oxygen atoms in total. The largest absolute Gasteiger partial charge is 0.497 e. The van der Waals surface area contributed by atoms with E-state index in [1.54, 1.807) is 64.8 Å². The van der Waals surface area contributed by atoms with Crippen LogP contribution in [0.15, 0.2) is 49.6 Å². The van der Waals surface area contributed by atoms with Gasteiger partial charge in [0.05, 0.1) is 36.3 Å². The molecule has 1 aromatic carbocycles. The van der Waals surface area contributed by atoms with Crippen molar-refractivity contribution >= 4 is 35.2 Å². The molecule has 6 atom stereocenters. The van der Waals surface area contributed by atoms with Gasteiger partial charge in [0, 0.05) is 30.6 Å². The third-order valence-corrected chi connectivity index (χ3v) is 10.1. The van der Waals surface area contributed by atoms with Crippen LogP contribution in [0.1, 0.15) is 33.1 Å². The lowest BCUT2D eigenvalue weighted by Crippen LogP contribution is -2.57. The molecule has 3 saturated heterocycles. The van der Waals surface area contributed by atoms with Crippen molar-refractivity contribution in [2.45, 2.75) is 55.2 Å². The van der Waals surface area contributed by atoms with E-state index in [-0.39, 0.29) is 36.1 Å². The van der Waals surface area contributed by atoms with Crippen molar-refractivity contribution in [2.24, 2.45) is 11.8 Å². The van der Waals surface area contributed by atoms with E-state index in [0.717, 1.165) is 12.8 Å². The quantitative estimate of drug-likeness (QED) is 0.409. The molecule has 1 spiro atoms. The van der Waals surface area contributed by atoms with Crippen LogP contribution >= 0.6 is 11.8 Å². The average Bonchev–Trinajstić information content (AvgIpc) is 3.58. The third-order valence-electron chi connectivity index (χ3n) is 8.11. The summed E-state index contributed by atoms with van der Waals surface area (Å²) in [6, 6.07) is 5.86. The predicted octanol–water partition coefficient (Wildman–Crippen LogP) is 3.11. The van der Waals surface area contributed by atoms with Crippen molar-refractivity contribution in [3.8, 4) is 5.75 Å². The number of likely N-dealkylation sites (tertiary alicyclic amines) is 1. The van der Waals surface area contributed by atoms with Crippen molar-refractivity contribution in [1.82, 2.24) is 9.80 Å². The fourth-order valence-electron chi connectivity index (χ4n) is 6.50. The molecule has 2 bridgehead atoms. The van der Waals surface area contributed by atoms with Gasteiger partial charge in [-0.25, -0.2) is 0 Å². The van der Waals surface area contributed by atoms with Crippen molar-refractivity contribution in [1.29, 1.82) is 0 Å². The molecule has 3 aliphatic rings. The first-order valence-corrected chi connectivity index (χ1v) is 14.2. The molecule has 206 valence electrons. The summed E-state index contributed by atoms with van der Waals surface area (Å²) in [4.78, 5) is 47.5. The Morgan fingerprint density at radius 2 is 1.92 bits per heavy atom. The number of nitrogens with zero attached hydrogens (tertiary/aromatic N) is 3. The Kier molecular flexibility index (Phi) is 8.57. The average molecular weight is 542 g/mol. The van der Waals surface area contributed by atoms with Crippen molar-refractivity contribution in [2.75, 3.05) is 38.3 Å². The molecule has 3 aliphatic heterocycles. The number of benzene rings is 1.